The van der Waals surface area contributed by atoms with Crippen LogP contribution < -0.4 is 0 Å². The van der Waals surface area contributed by atoms with E-state index in [-0.39, 0.29) is 30.7 Å². The van der Waals surface area contributed by atoms with Crippen LogP contribution in [0.1, 0.15) is 33.6 Å². The highest BCUT2D eigenvalue weighted by Crippen LogP contribution is 2.39. The van der Waals surface area contributed by atoms with Crippen LogP contribution >= 0.6 is 0 Å². The summed E-state index contributed by atoms with van der Waals surface area (Å²) < 4.78 is 15.8. The first-order valence-electron chi connectivity index (χ1n) is 9.28. The molecule has 0 aliphatic carbocycles. The molecule has 0 bridgehead atoms. The van der Waals surface area contributed by atoms with Crippen molar-refractivity contribution in [2.24, 2.45) is 0 Å². The summed E-state index contributed by atoms with van der Waals surface area (Å²) in [6.07, 6.45) is 3.17. The van der Waals surface area contributed by atoms with Crippen LogP contribution in [0.3, 0.4) is 0 Å². The lowest BCUT2D eigenvalue weighted by Gasteiger charge is -2.40. The predicted molar refractivity (Wildman–Crippen MR) is 98.4 cm³/mol. The van der Waals surface area contributed by atoms with Gasteiger partial charge in [0.1, 0.15) is 6.61 Å². The Balaban J connectivity index is 1.98. The third-order valence-corrected chi connectivity index (χ3v) is 5.75. The molecule has 0 saturated carbocycles. The molecule has 8 heteroatoms. The monoisotopic (exact) mass is 391 g/mol. The Labute approximate surface area is 163 Å². The molecule has 0 amide bonds. The molecule has 2 saturated heterocycles. The first-order valence-corrected chi connectivity index (χ1v) is 9.28. The summed E-state index contributed by atoms with van der Waals surface area (Å²) in [6.45, 7) is 8.55. The molecule has 0 spiro atoms. The van der Waals surface area contributed by atoms with Crippen molar-refractivity contribution < 1.29 is 33.2 Å². The van der Waals surface area contributed by atoms with Gasteiger partial charge in [0.05, 0.1) is 13.1 Å². The third-order valence-electron chi connectivity index (χ3n) is 5.75. The number of quaternary nitrogens is 1. The zero-order valence-corrected chi connectivity index (χ0v) is 16.4. The van der Waals surface area contributed by atoms with Gasteiger partial charge in [0.15, 0.2) is 12.1 Å². The highest BCUT2D eigenvalue weighted by Gasteiger charge is 2.51. The Hall–Kier alpha value is -2.45. The summed E-state index contributed by atoms with van der Waals surface area (Å²) in [5.41, 5.74) is -0.652. The summed E-state index contributed by atoms with van der Waals surface area (Å²) in [5, 5.41) is 13.0. The standard InChI is InChI=1S/C20H25NO7/c1-5-14-10-12(2)20(4,28-13(3)22)19(24)26-11-15-6-8-21(25)9-7-16(17(15)21)27-18(14)23/h5-6,16-17H,2,7-11H2,1,3-4H3/b14-5+/t16-,17-,20-,21?/m1/s1. The molecule has 3 rings (SSSR count). The highest BCUT2D eigenvalue weighted by molar-refractivity contribution is 5.91. The molecule has 8 nitrogen and oxygen atoms in total. The van der Waals surface area contributed by atoms with E-state index in [1.807, 2.05) is 0 Å². The molecule has 0 radical (unpaired) electrons. The lowest BCUT2D eigenvalue weighted by atomic mass is 9.90. The minimum Gasteiger partial charge on any atom is -0.632 e. The second-order valence-electron chi connectivity index (χ2n) is 7.61. The molecule has 0 N–H and O–H groups in total. The largest absolute Gasteiger partial charge is 0.632 e. The number of carbonyl (C=O) groups is 3. The summed E-state index contributed by atoms with van der Waals surface area (Å²) in [4.78, 5) is 37.1. The molecule has 2 fully saturated rings. The number of hydrogen-bond acceptors (Lipinski definition) is 7. The lowest BCUT2D eigenvalue weighted by Crippen LogP contribution is -2.49. The fourth-order valence-electron chi connectivity index (χ4n) is 4.09. The van der Waals surface area contributed by atoms with Crippen molar-refractivity contribution >= 4 is 17.9 Å². The Bertz CT molecular complexity index is 798. The smallest absolute Gasteiger partial charge is 0.355 e. The molecule has 152 valence electrons. The molecule has 0 aromatic carbocycles. The Morgan fingerprint density at radius 2 is 2.18 bits per heavy atom. The molecule has 0 aromatic heterocycles. The van der Waals surface area contributed by atoms with Gasteiger partial charge in [0.2, 0.25) is 5.60 Å². The number of esters is 3. The first kappa shape index (κ1) is 20.3. The van der Waals surface area contributed by atoms with E-state index in [0.29, 0.717) is 18.5 Å². The lowest BCUT2D eigenvalue weighted by molar-refractivity contribution is -0.877. The van der Waals surface area contributed by atoms with Gasteiger partial charge in [0, 0.05) is 30.9 Å². The van der Waals surface area contributed by atoms with E-state index in [1.165, 1.54) is 13.8 Å². The van der Waals surface area contributed by atoms with Crippen molar-refractivity contribution in [2.45, 2.75) is 51.4 Å². The van der Waals surface area contributed by atoms with Gasteiger partial charge in [-0.2, -0.15) is 0 Å². The van der Waals surface area contributed by atoms with Gasteiger partial charge in [-0.3, -0.25) is 4.79 Å². The fraction of sp³-hybridized carbons (Fsp3) is 0.550. The van der Waals surface area contributed by atoms with Crippen LogP contribution in [0.25, 0.3) is 0 Å². The maximum Gasteiger partial charge on any atom is 0.355 e. The maximum absolute atomic E-state index is 13.0. The summed E-state index contributed by atoms with van der Waals surface area (Å²) in [5.74, 6) is -2.03. The van der Waals surface area contributed by atoms with Crippen molar-refractivity contribution in [3.05, 3.63) is 40.7 Å². The molecular formula is C20H25NO7. The number of hydroxylamine groups is 3. The number of allylic oxidation sites excluding steroid dienone is 1. The van der Waals surface area contributed by atoms with Crippen LogP contribution in [0.2, 0.25) is 0 Å². The summed E-state index contributed by atoms with van der Waals surface area (Å²) >= 11 is 0. The van der Waals surface area contributed by atoms with Crippen molar-refractivity contribution in [1.82, 2.24) is 0 Å². The summed E-state index contributed by atoms with van der Waals surface area (Å²) in [7, 11) is 0. The molecule has 4 atom stereocenters. The van der Waals surface area contributed by atoms with Crippen LogP contribution in [0.5, 0.6) is 0 Å². The van der Waals surface area contributed by atoms with Gasteiger partial charge in [-0.15, -0.1) is 0 Å². The van der Waals surface area contributed by atoms with Crippen LogP contribution in [-0.4, -0.2) is 60.0 Å². The predicted octanol–water partition coefficient (Wildman–Crippen LogP) is 1.70. The fourth-order valence-corrected chi connectivity index (χ4v) is 4.09. The van der Waals surface area contributed by atoms with Gasteiger partial charge in [-0.05, 0) is 25.5 Å². The maximum atomic E-state index is 13.0. The molecule has 3 aliphatic rings. The minimum atomic E-state index is -1.75. The van der Waals surface area contributed by atoms with Crippen LogP contribution in [0, 0.1) is 5.21 Å². The molecule has 1 unspecified atom stereocenters. The topological polar surface area (TPSA) is 102 Å². The zero-order chi connectivity index (χ0) is 20.7. The normalized spacial score (nSPS) is 37.4. The highest BCUT2D eigenvalue weighted by atomic mass is 16.6. The molecule has 28 heavy (non-hydrogen) atoms. The van der Waals surface area contributed by atoms with Gasteiger partial charge >= 0.3 is 17.9 Å². The van der Waals surface area contributed by atoms with Crippen LogP contribution in [-0.2, 0) is 28.6 Å². The second kappa shape index (κ2) is 7.18. The van der Waals surface area contributed by atoms with E-state index in [9.17, 15) is 19.6 Å². The Kier molecular flexibility index (Phi) is 5.20. The van der Waals surface area contributed by atoms with E-state index in [4.69, 9.17) is 14.2 Å². The number of cyclic esters (lactones) is 1. The molecule has 3 aliphatic heterocycles. The van der Waals surface area contributed by atoms with Crippen LogP contribution in [0.4, 0.5) is 0 Å². The number of ether oxygens (including phenoxy) is 3. The number of nitrogens with zero attached hydrogens (tertiary/aromatic N) is 1. The van der Waals surface area contributed by atoms with Crippen molar-refractivity contribution in [1.29, 1.82) is 0 Å². The van der Waals surface area contributed by atoms with Gasteiger partial charge < -0.3 is 24.1 Å². The van der Waals surface area contributed by atoms with E-state index >= 15 is 0 Å². The average Bonchev–Trinajstić information content (AvgIpc) is 3.11. The SMILES string of the molecule is C=C1C/C(=C\C)C(=O)O[C@@H]2CC[N+]3([O-])CC=C(COC(=O)[C@]1(C)OC(C)=O)[C@H]23. The van der Waals surface area contributed by atoms with Crippen molar-refractivity contribution in [2.75, 3.05) is 19.7 Å². The number of hydrogen-bond donors (Lipinski definition) is 0. The minimum absolute atomic E-state index is 0.0222. The quantitative estimate of drug-likeness (QED) is 0.167. The second-order valence-corrected chi connectivity index (χ2v) is 7.61. The van der Waals surface area contributed by atoms with Crippen molar-refractivity contribution in [3.63, 3.8) is 0 Å². The molecule has 0 aromatic rings. The number of carbonyl (C=O) groups excluding carboxylic acids is 3. The van der Waals surface area contributed by atoms with Crippen molar-refractivity contribution in [3.8, 4) is 0 Å². The third kappa shape index (κ3) is 3.38. The van der Waals surface area contributed by atoms with E-state index in [0.717, 1.165) is 0 Å². The van der Waals surface area contributed by atoms with Gasteiger partial charge in [-0.25, -0.2) is 9.59 Å². The Morgan fingerprint density at radius 3 is 2.82 bits per heavy atom. The van der Waals surface area contributed by atoms with E-state index in [1.54, 1.807) is 19.1 Å². The Morgan fingerprint density at radius 1 is 1.46 bits per heavy atom. The van der Waals surface area contributed by atoms with Gasteiger partial charge in [-0.1, -0.05) is 12.7 Å². The first-order chi connectivity index (χ1) is 13.1. The van der Waals surface area contributed by atoms with Crippen LogP contribution in [0.15, 0.2) is 35.5 Å². The van der Waals surface area contributed by atoms with E-state index in [2.05, 4.69) is 6.58 Å². The average molecular weight is 391 g/mol. The summed E-state index contributed by atoms with van der Waals surface area (Å²) in [6, 6.07) is -0.586. The number of rotatable bonds is 1. The molecule has 3 heterocycles. The van der Waals surface area contributed by atoms with E-state index < -0.39 is 40.3 Å². The van der Waals surface area contributed by atoms with Gasteiger partial charge in [0.25, 0.3) is 0 Å². The zero-order valence-electron chi connectivity index (χ0n) is 16.4. The molecular weight excluding hydrogens is 366 g/mol.